The summed E-state index contributed by atoms with van der Waals surface area (Å²) in [6.45, 7) is 5.13. The first-order valence-corrected chi connectivity index (χ1v) is 10.8. The van der Waals surface area contributed by atoms with Gasteiger partial charge in [0.1, 0.15) is 11.9 Å². The van der Waals surface area contributed by atoms with Crippen molar-refractivity contribution in [1.29, 1.82) is 0 Å². The molecule has 0 spiro atoms. The third-order valence-electron chi connectivity index (χ3n) is 5.59. The topological polar surface area (TPSA) is 67.6 Å². The Balaban J connectivity index is 1.66. The zero-order valence-electron chi connectivity index (χ0n) is 18.9. The highest BCUT2D eigenvalue weighted by Gasteiger charge is 2.37. The highest BCUT2D eigenvalue weighted by Crippen LogP contribution is 2.31. The predicted octanol–water partition coefficient (Wildman–Crippen LogP) is 4.31. The van der Waals surface area contributed by atoms with Crippen LogP contribution in [0.3, 0.4) is 0 Å². The van der Waals surface area contributed by atoms with Crippen LogP contribution in [0.2, 0.25) is 0 Å². The molecule has 0 saturated carbocycles. The fourth-order valence-electron chi connectivity index (χ4n) is 4.08. The molecule has 1 N–H and O–H groups in total. The maximum Gasteiger partial charge on any atom is 0.289 e. The average molecular weight is 471 g/mol. The third kappa shape index (κ3) is 4.70. The summed E-state index contributed by atoms with van der Waals surface area (Å²) in [4.78, 5) is 18.7. The van der Waals surface area contributed by atoms with Crippen LogP contribution in [0.5, 0.6) is 0 Å². The molecule has 1 aliphatic rings. The molecule has 6 nitrogen and oxygen atoms in total. The number of benzene rings is 2. The molecule has 4 rings (SSSR count). The van der Waals surface area contributed by atoms with Gasteiger partial charge in [0.2, 0.25) is 0 Å². The van der Waals surface area contributed by atoms with E-state index in [4.69, 9.17) is 4.74 Å². The van der Waals surface area contributed by atoms with E-state index < -0.39 is 41.6 Å². The quantitative estimate of drug-likeness (QED) is 0.564. The number of hydrogen-bond donors (Lipinski definition) is 1. The van der Waals surface area contributed by atoms with Crippen molar-refractivity contribution in [3.8, 4) is 5.69 Å². The molecule has 1 aliphatic heterocycles. The number of carbonyl (C=O) groups is 1. The Morgan fingerprint density at radius 1 is 1.15 bits per heavy atom. The number of imidazole rings is 1. The van der Waals surface area contributed by atoms with Crippen LogP contribution in [0.15, 0.2) is 54.7 Å². The summed E-state index contributed by atoms with van der Waals surface area (Å²) in [5, 5.41) is 10.4. The van der Waals surface area contributed by atoms with Crippen LogP contribution >= 0.6 is 0 Å². The van der Waals surface area contributed by atoms with Gasteiger partial charge < -0.3 is 19.3 Å². The van der Waals surface area contributed by atoms with Crippen molar-refractivity contribution < 1.29 is 27.8 Å². The molecule has 3 aromatic rings. The molecule has 0 radical (unpaired) electrons. The van der Waals surface area contributed by atoms with Gasteiger partial charge in [-0.15, -0.1) is 0 Å². The SMILES string of the molecule is Cc1cn(-c2ccc(/C=C3\O[C@@H](C)CN([C@H](c4ccc(F)c(F)c4)[C@@H](C)O)C3=O)cc2F)cn1. The van der Waals surface area contributed by atoms with Crippen molar-refractivity contribution >= 4 is 12.0 Å². The lowest BCUT2D eigenvalue weighted by atomic mass is 9.98. The lowest BCUT2D eigenvalue weighted by Gasteiger charge is -2.39. The number of aromatic nitrogens is 2. The maximum absolute atomic E-state index is 14.8. The molecule has 2 aromatic carbocycles. The molecule has 3 atom stereocenters. The number of aryl methyl sites for hydroxylation is 1. The minimum Gasteiger partial charge on any atom is -0.483 e. The minimum absolute atomic E-state index is 0.0439. The van der Waals surface area contributed by atoms with E-state index in [0.717, 1.165) is 17.8 Å². The zero-order valence-corrected chi connectivity index (χ0v) is 18.9. The molecule has 0 aliphatic carbocycles. The molecule has 1 aromatic heterocycles. The van der Waals surface area contributed by atoms with Crippen LogP contribution in [0.1, 0.15) is 36.7 Å². The summed E-state index contributed by atoms with van der Waals surface area (Å²) >= 11 is 0. The molecule has 0 unspecified atom stereocenters. The lowest BCUT2D eigenvalue weighted by molar-refractivity contribution is -0.145. The van der Waals surface area contributed by atoms with Crippen LogP contribution in [-0.4, -0.2) is 44.2 Å². The first kappa shape index (κ1) is 23.6. The number of aliphatic hydroxyl groups excluding tert-OH is 1. The Kier molecular flexibility index (Phi) is 6.47. The molecule has 178 valence electrons. The van der Waals surface area contributed by atoms with E-state index in [9.17, 15) is 23.1 Å². The Labute approximate surface area is 194 Å². The third-order valence-corrected chi connectivity index (χ3v) is 5.59. The highest BCUT2D eigenvalue weighted by molar-refractivity contribution is 5.96. The van der Waals surface area contributed by atoms with Gasteiger partial charge in [-0.05, 0) is 62.2 Å². The fourth-order valence-corrected chi connectivity index (χ4v) is 4.08. The van der Waals surface area contributed by atoms with Crippen LogP contribution < -0.4 is 0 Å². The fraction of sp³-hybridized carbons (Fsp3) is 0.280. The summed E-state index contributed by atoms with van der Waals surface area (Å²) in [7, 11) is 0. The number of ether oxygens (including phenoxy) is 1. The van der Waals surface area contributed by atoms with E-state index in [0.29, 0.717) is 11.3 Å². The van der Waals surface area contributed by atoms with Crippen LogP contribution in [0.4, 0.5) is 13.2 Å². The molecule has 1 amide bonds. The Morgan fingerprint density at radius 2 is 1.91 bits per heavy atom. The van der Waals surface area contributed by atoms with Gasteiger partial charge >= 0.3 is 0 Å². The van der Waals surface area contributed by atoms with E-state index in [1.807, 2.05) is 0 Å². The smallest absolute Gasteiger partial charge is 0.289 e. The summed E-state index contributed by atoms with van der Waals surface area (Å²) in [5.41, 5.74) is 1.70. The van der Waals surface area contributed by atoms with Crippen molar-refractivity contribution in [2.45, 2.75) is 39.0 Å². The van der Waals surface area contributed by atoms with Crippen LogP contribution in [0, 0.1) is 24.4 Å². The van der Waals surface area contributed by atoms with Crippen molar-refractivity contribution in [1.82, 2.24) is 14.5 Å². The van der Waals surface area contributed by atoms with Gasteiger partial charge in [0.05, 0.1) is 36.4 Å². The number of carbonyl (C=O) groups excluding carboxylic acids is 1. The number of morpholine rings is 1. The maximum atomic E-state index is 14.8. The van der Waals surface area contributed by atoms with Crippen molar-refractivity contribution in [3.63, 3.8) is 0 Å². The van der Waals surface area contributed by atoms with Crippen molar-refractivity contribution in [2.75, 3.05) is 6.54 Å². The first-order valence-electron chi connectivity index (χ1n) is 10.8. The van der Waals surface area contributed by atoms with E-state index in [1.54, 1.807) is 36.7 Å². The summed E-state index contributed by atoms with van der Waals surface area (Å²) in [6.07, 6.45) is 3.09. The molecule has 0 bridgehead atoms. The van der Waals surface area contributed by atoms with Gasteiger partial charge in [-0.1, -0.05) is 12.1 Å². The van der Waals surface area contributed by atoms with Gasteiger partial charge in [-0.3, -0.25) is 4.79 Å². The van der Waals surface area contributed by atoms with Gasteiger partial charge in [0.15, 0.2) is 17.4 Å². The standard InChI is InChI=1S/C25H24F3N3O3/c1-14-11-30(13-29-14)22-7-4-17(8-21(22)28)9-23-25(33)31(12-15(2)34-23)24(16(3)32)18-5-6-19(26)20(27)10-18/h4-11,13,15-16,24,32H,12H2,1-3H3/b23-9-/t15-,16+,24-/m0/s1. The summed E-state index contributed by atoms with van der Waals surface area (Å²) < 4.78 is 49.3. The zero-order chi connectivity index (χ0) is 24.6. The van der Waals surface area contributed by atoms with E-state index in [1.165, 1.54) is 36.4 Å². The molecular formula is C25H24F3N3O3. The molecule has 1 fully saturated rings. The largest absolute Gasteiger partial charge is 0.483 e. The van der Waals surface area contributed by atoms with Gasteiger partial charge in [0, 0.05) is 6.20 Å². The molecule has 2 heterocycles. The normalized spacial score (nSPS) is 19.3. The average Bonchev–Trinajstić information content (AvgIpc) is 3.19. The Bertz CT molecular complexity index is 1260. The molecular weight excluding hydrogens is 447 g/mol. The van der Waals surface area contributed by atoms with Gasteiger partial charge in [0.25, 0.3) is 5.91 Å². The molecule has 9 heteroatoms. The Morgan fingerprint density at radius 3 is 2.53 bits per heavy atom. The monoisotopic (exact) mass is 471 g/mol. The highest BCUT2D eigenvalue weighted by atomic mass is 19.2. The van der Waals surface area contributed by atoms with Crippen LogP contribution in [-0.2, 0) is 9.53 Å². The van der Waals surface area contributed by atoms with E-state index >= 15 is 0 Å². The van der Waals surface area contributed by atoms with E-state index in [-0.39, 0.29) is 17.9 Å². The second-order valence-corrected chi connectivity index (χ2v) is 8.39. The van der Waals surface area contributed by atoms with Crippen molar-refractivity contribution in [3.05, 3.63) is 89.0 Å². The number of nitrogens with zero attached hydrogens (tertiary/aromatic N) is 3. The van der Waals surface area contributed by atoms with E-state index in [2.05, 4.69) is 4.98 Å². The van der Waals surface area contributed by atoms with Crippen LogP contribution in [0.25, 0.3) is 11.8 Å². The molecule has 34 heavy (non-hydrogen) atoms. The minimum atomic E-state index is -1.07. The summed E-state index contributed by atoms with van der Waals surface area (Å²) in [5.74, 6) is -3.20. The second kappa shape index (κ2) is 9.34. The summed E-state index contributed by atoms with van der Waals surface area (Å²) in [6, 6.07) is 6.81. The molecule has 1 saturated heterocycles. The number of hydrogen-bond acceptors (Lipinski definition) is 4. The second-order valence-electron chi connectivity index (χ2n) is 8.39. The van der Waals surface area contributed by atoms with Gasteiger partial charge in [-0.25, -0.2) is 18.2 Å². The number of amides is 1. The van der Waals surface area contributed by atoms with Crippen molar-refractivity contribution in [2.24, 2.45) is 0 Å². The number of rotatable bonds is 5. The lowest BCUT2D eigenvalue weighted by Crippen LogP contribution is -2.48. The predicted molar refractivity (Wildman–Crippen MR) is 119 cm³/mol. The number of aliphatic hydroxyl groups is 1. The number of halogens is 3. The van der Waals surface area contributed by atoms with Gasteiger partial charge in [-0.2, -0.15) is 0 Å². The first-order chi connectivity index (χ1) is 16.1. The Hall–Kier alpha value is -3.59.